The minimum Gasteiger partial charge on any atom is -0.434 e. The van der Waals surface area contributed by atoms with Gasteiger partial charge in [-0.1, -0.05) is 47.6 Å². The molecule has 0 aliphatic carbocycles. The van der Waals surface area contributed by atoms with Gasteiger partial charge in [0.1, 0.15) is 12.1 Å². The zero-order chi connectivity index (χ0) is 18.4. The lowest BCUT2D eigenvalue weighted by molar-refractivity contribution is -0.0499. The highest BCUT2D eigenvalue weighted by Crippen LogP contribution is 2.22. The van der Waals surface area contributed by atoms with Gasteiger partial charge in [0, 0.05) is 16.3 Å². The Morgan fingerprint density at radius 2 is 1.96 bits per heavy atom. The highest BCUT2D eigenvalue weighted by Gasteiger charge is 2.08. The van der Waals surface area contributed by atoms with Crippen molar-refractivity contribution in [3.05, 3.63) is 71.0 Å². The second-order valence-corrected chi connectivity index (χ2v) is 6.41. The van der Waals surface area contributed by atoms with E-state index in [9.17, 15) is 8.78 Å². The van der Waals surface area contributed by atoms with Gasteiger partial charge in [0.2, 0.25) is 5.16 Å². The molecule has 0 aliphatic heterocycles. The van der Waals surface area contributed by atoms with Crippen molar-refractivity contribution in [2.75, 3.05) is 0 Å². The number of hydrogen-bond acceptors (Lipinski definition) is 5. The van der Waals surface area contributed by atoms with Crippen molar-refractivity contribution in [3.8, 4) is 5.75 Å². The molecule has 1 heterocycles. The minimum absolute atomic E-state index is 0.0506. The molecule has 9 heteroatoms. The third-order valence-corrected chi connectivity index (χ3v) is 4.49. The lowest BCUT2D eigenvalue weighted by Crippen LogP contribution is -2.04. The summed E-state index contributed by atoms with van der Waals surface area (Å²) in [6.45, 7) is -2.90. The second kappa shape index (κ2) is 8.77. The van der Waals surface area contributed by atoms with Crippen molar-refractivity contribution in [2.45, 2.75) is 17.5 Å². The maximum absolute atomic E-state index is 12.5. The maximum atomic E-state index is 12.5. The van der Waals surface area contributed by atoms with Crippen LogP contribution in [0.5, 0.6) is 5.75 Å². The van der Waals surface area contributed by atoms with Crippen LogP contribution in [0.15, 0.2) is 65.1 Å². The quantitative estimate of drug-likeness (QED) is 0.430. The zero-order valence-corrected chi connectivity index (χ0v) is 14.9. The first-order chi connectivity index (χ1) is 12.6. The molecule has 3 rings (SSSR count). The number of rotatable bonds is 7. The number of alkyl halides is 2. The predicted octanol–water partition coefficient (Wildman–Crippen LogP) is 4.71. The Morgan fingerprint density at radius 1 is 1.19 bits per heavy atom. The molecule has 0 fully saturated rings. The van der Waals surface area contributed by atoms with Crippen LogP contribution in [-0.2, 0) is 5.75 Å². The van der Waals surface area contributed by atoms with E-state index in [0.717, 1.165) is 5.56 Å². The van der Waals surface area contributed by atoms with Gasteiger partial charge in [-0.3, -0.25) is 0 Å². The Morgan fingerprint density at radius 3 is 2.73 bits per heavy atom. The van der Waals surface area contributed by atoms with E-state index >= 15 is 0 Å². The Kier molecular flexibility index (Phi) is 6.19. The summed E-state index contributed by atoms with van der Waals surface area (Å²) in [5.41, 5.74) is 1.50. The Balaban J connectivity index is 1.71. The standard InChI is InChI=1S/C17H13ClF2N4OS/c18-14-7-5-12(6-8-14)10-26-17-23-21-11-24(17)22-9-13-3-1-2-4-15(13)25-16(19)20/h1-9,11,16H,10H2/b22-9-. The van der Waals surface area contributed by atoms with E-state index in [1.54, 1.807) is 18.2 Å². The second-order valence-electron chi connectivity index (χ2n) is 5.03. The summed E-state index contributed by atoms with van der Waals surface area (Å²) in [4.78, 5) is 0. The molecule has 0 saturated carbocycles. The highest BCUT2D eigenvalue weighted by molar-refractivity contribution is 7.98. The molecule has 0 N–H and O–H groups in total. The Bertz CT molecular complexity index is 886. The van der Waals surface area contributed by atoms with Gasteiger partial charge >= 0.3 is 6.61 Å². The van der Waals surface area contributed by atoms with Crippen LogP contribution in [0.2, 0.25) is 5.02 Å². The number of benzene rings is 2. The summed E-state index contributed by atoms with van der Waals surface area (Å²) in [6, 6.07) is 13.9. The van der Waals surface area contributed by atoms with E-state index in [1.807, 2.05) is 24.3 Å². The monoisotopic (exact) mass is 394 g/mol. The van der Waals surface area contributed by atoms with E-state index in [-0.39, 0.29) is 5.75 Å². The average molecular weight is 395 g/mol. The van der Waals surface area contributed by atoms with Crippen LogP contribution in [0.25, 0.3) is 0 Å². The molecule has 0 radical (unpaired) electrons. The first kappa shape index (κ1) is 18.3. The third kappa shape index (κ3) is 5.03. The van der Waals surface area contributed by atoms with Crippen molar-refractivity contribution in [1.29, 1.82) is 0 Å². The van der Waals surface area contributed by atoms with Crippen LogP contribution in [-0.4, -0.2) is 27.7 Å². The van der Waals surface area contributed by atoms with Gasteiger partial charge in [-0.2, -0.15) is 18.6 Å². The first-order valence-corrected chi connectivity index (χ1v) is 8.83. The van der Waals surface area contributed by atoms with Gasteiger partial charge in [0.15, 0.2) is 0 Å². The molecular weight excluding hydrogens is 382 g/mol. The van der Waals surface area contributed by atoms with Crippen molar-refractivity contribution in [1.82, 2.24) is 14.9 Å². The molecule has 0 unspecified atom stereocenters. The third-order valence-electron chi connectivity index (χ3n) is 3.24. The maximum Gasteiger partial charge on any atom is 0.387 e. The number of hydrogen-bond donors (Lipinski definition) is 0. The molecular formula is C17H13ClF2N4OS. The van der Waals surface area contributed by atoms with Crippen LogP contribution in [0, 0.1) is 0 Å². The normalized spacial score (nSPS) is 11.4. The molecule has 26 heavy (non-hydrogen) atoms. The van der Waals surface area contributed by atoms with Gasteiger partial charge in [0.25, 0.3) is 0 Å². The van der Waals surface area contributed by atoms with Gasteiger partial charge in [-0.25, -0.2) is 0 Å². The molecule has 134 valence electrons. The van der Waals surface area contributed by atoms with Gasteiger partial charge in [0.05, 0.1) is 6.21 Å². The van der Waals surface area contributed by atoms with Crippen LogP contribution in [0.1, 0.15) is 11.1 Å². The summed E-state index contributed by atoms with van der Waals surface area (Å²) in [6.07, 6.45) is 2.87. The van der Waals surface area contributed by atoms with Gasteiger partial charge < -0.3 is 4.74 Å². The largest absolute Gasteiger partial charge is 0.434 e. The van der Waals surface area contributed by atoms with Crippen LogP contribution >= 0.6 is 23.4 Å². The van der Waals surface area contributed by atoms with E-state index in [4.69, 9.17) is 11.6 Å². The molecule has 1 aromatic heterocycles. The summed E-state index contributed by atoms with van der Waals surface area (Å²) >= 11 is 7.31. The summed E-state index contributed by atoms with van der Waals surface area (Å²) in [5.74, 6) is 0.714. The molecule has 3 aromatic rings. The Labute approximate surface area is 157 Å². The first-order valence-electron chi connectivity index (χ1n) is 7.47. The fourth-order valence-corrected chi connectivity index (χ4v) is 2.98. The highest BCUT2D eigenvalue weighted by atomic mass is 35.5. The van der Waals surface area contributed by atoms with Gasteiger partial charge in [-0.15, -0.1) is 10.2 Å². The summed E-state index contributed by atoms with van der Waals surface area (Å²) in [5, 5.41) is 13.3. The molecule has 0 aliphatic rings. The lowest BCUT2D eigenvalue weighted by Gasteiger charge is -2.07. The number of halogens is 3. The van der Waals surface area contributed by atoms with E-state index in [0.29, 0.717) is 21.5 Å². The Hall–Kier alpha value is -2.45. The van der Waals surface area contributed by atoms with Crippen molar-refractivity contribution in [2.24, 2.45) is 5.10 Å². The number of aromatic nitrogens is 3. The van der Waals surface area contributed by atoms with Crippen LogP contribution in [0.3, 0.4) is 0 Å². The summed E-state index contributed by atoms with van der Waals surface area (Å²) in [7, 11) is 0. The van der Waals surface area contributed by atoms with Crippen LogP contribution < -0.4 is 4.74 Å². The number of para-hydroxylation sites is 1. The van der Waals surface area contributed by atoms with Crippen molar-refractivity contribution < 1.29 is 13.5 Å². The molecule has 0 atom stereocenters. The zero-order valence-electron chi connectivity index (χ0n) is 13.3. The molecule has 0 spiro atoms. The number of nitrogens with zero attached hydrogens (tertiary/aromatic N) is 4. The van der Waals surface area contributed by atoms with E-state index in [2.05, 4.69) is 20.0 Å². The molecule has 2 aromatic carbocycles. The van der Waals surface area contributed by atoms with Gasteiger partial charge in [-0.05, 0) is 29.8 Å². The smallest absolute Gasteiger partial charge is 0.387 e. The van der Waals surface area contributed by atoms with E-state index in [1.165, 1.54) is 35.0 Å². The van der Waals surface area contributed by atoms with Crippen LogP contribution in [0.4, 0.5) is 8.78 Å². The predicted molar refractivity (Wildman–Crippen MR) is 97.1 cm³/mol. The fraction of sp³-hybridized carbons (Fsp3) is 0.118. The minimum atomic E-state index is -2.90. The molecule has 0 saturated heterocycles. The van der Waals surface area contributed by atoms with Crippen molar-refractivity contribution >= 4 is 29.6 Å². The lowest BCUT2D eigenvalue weighted by atomic mass is 10.2. The van der Waals surface area contributed by atoms with Crippen molar-refractivity contribution in [3.63, 3.8) is 0 Å². The fourth-order valence-electron chi connectivity index (χ4n) is 2.04. The SMILES string of the molecule is FC(F)Oc1ccccc1/C=N\n1cnnc1SCc1ccc(Cl)cc1. The summed E-state index contributed by atoms with van der Waals surface area (Å²) < 4.78 is 30.9. The number of thioether (sulfide) groups is 1. The average Bonchev–Trinajstić information content (AvgIpc) is 3.07. The number of ether oxygens (including phenoxy) is 1. The topological polar surface area (TPSA) is 52.3 Å². The molecule has 5 nitrogen and oxygen atoms in total. The molecule has 0 amide bonds. The van der Waals surface area contributed by atoms with E-state index < -0.39 is 6.61 Å². The molecule has 0 bridgehead atoms.